The first kappa shape index (κ1) is 14.5. The first-order valence-corrected chi connectivity index (χ1v) is 5.87. The Morgan fingerprint density at radius 2 is 1.72 bits per heavy atom. The lowest BCUT2D eigenvalue weighted by Gasteiger charge is -2.19. The van der Waals surface area contributed by atoms with Crippen molar-refractivity contribution in [1.29, 1.82) is 0 Å². The smallest absolute Gasteiger partial charge is 0.337 e. The third-order valence-corrected chi connectivity index (χ3v) is 2.16. The van der Waals surface area contributed by atoms with E-state index in [9.17, 15) is 4.79 Å². The average molecular weight is 252 g/mol. The number of benzene rings is 1. The Kier molecular flexibility index (Phi) is 5.16. The van der Waals surface area contributed by atoms with Gasteiger partial charge >= 0.3 is 5.97 Å². The van der Waals surface area contributed by atoms with Gasteiger partial charge in [-0.15, -0.1) is 0 Å². The molecule has 4 heteroatoms. The summed E-state index contributed by atoms with van der Waals surface area (Å²) in [6, 6.07) is 6.82. The summed E-state index contributed by atoms with van der Waals surface area (Å²) in [4.78, 5) is 11.2. The van der Waals surface area contributed by atoms with E-state index >= 15 is 0 Å². The number of hydrogen-bond acceptors (Lipinski definition) is 4. The predicted molar refractivity (Wildman–Crippen MR) is 69.0 cm³/mol. The maximum atomic E-state index is 11.2. The largest absolute Gasteiger partial charge is 0.491 e. The van der Waals surface area contributed by atoms with Crippen LogP contribution in [0.25, 0.3) is 0 Å². The summed E-state index contributed by atoms with van der Waals surface area (Å²) in [5.41, 5.74) is 0.355. The maximum absolute atomic E-state index is 11.2. The first-order valence-electron chi connectivity index (χ1n) is 5.87. The Labute approximate surface area is 108 Å². The highest BCUT2D eigenvalue weighted by atomic mass is 16.5. The van der Waals surface area contributed by atoms with E-state index in [4.69, 9.17) is 9.47 Å². The molecule has 0 aromatic heterocycles. The molecule has 1 rings (SSSR count). The molecule has 0 saturated carbocycles. The van der Waals surface area contributed by atoms with Gasteiger partial charge in [-0.3, -0.25) is 0 Å². The summed E-state index contributed by atoms with van der Waals surface area (Å²) in [5, 5.41) is 0. The van der Waals surface area contributed by atoms with Gasteiger partial charge in [-0.1, -0.05) is 0 Å². The average Bonchev–Trinajstić information content (AvgIpc) is 2.33. The zero-order valence-electron chi connectivity index (χ0n) is 11.4. The molecule has 0 aliphatic carbocycles. The van der Waals surface area contributed by atoms with E-state index in [2.05, 4.69) is 4.74 Å². The molecule has 0 spiro atoms. The number of ether oxygens (including phenoxy) is 3. The zero-order chi connectivity index (χ0) is 13.6. The van der Waals surface area contributed by atoms with Crippen molar-refractivity contribution in [3.05, 3.63) is 29.8 Å². The van der Waals surface area contributed by atoms with Crippen molar-refractivity contribution >= 4 is 5.97 Å². The van der Waals surface area contributed by atoms with Gasteiger partial charge in [-0.05, 0) is 45.0 Å². The summed E-state index contributed by atoms with van der Waals surface area (Å²) in [6.45, 7) is 7.01. The van der Waals surface area contributed by atoms with Crippen molar-refractivity contribution in [3.8, 4) is 5.75 Å². The highest BCUT2D eigenvalue weighted by molar-refractivity contribution is 5.89. The maximum Gasteiger partial charge on any atom is 0.337 e. The summed E-state index contributed by atoms with van der Waals surface area (Å²) in [7, 11) is 1.36. The molecule has 100 valence electrons. The van der Waals surface area contributed by atoms with Crippen LogP contribution >= 0.6 is 0 Å². The fourth-order valence-corrected chi connectivity index (χ4v) is 1.31. The lowest BCUT2D eigenvalue weighted by Crippen LogP contribution is -2.22. The molecule has 18 heavy (non-hydrogen) atoms. The quantitative estimate of drug-likeness (QED) is 0.597. The molecular weight excluding hydrogens is 232 g/mol. The summed E-state index contributed by atoms with van der Waals surface area (Å²) in [5.74, 6) is 0.359. The van der Waals surface area contributed by atoms with Crippen LogP contribution < -0.4 is 4.74 Å². The van der Waals surface area contributed by atoms with Gasteiger partial charge in [0.15, 0.2) is 0 Å². The number of methoxy groups -OCH3 is 1. The van der Waals surface area contributed by atoms with Crippen molar-refractivity contribution in [2.24, 2.45) is 0 Å². The molecular formula is C14H20O4. The minimum Gasteiger partial charge on any atom is -0.491 e. The van der Waals surface area contributed by atoms with Gasteiger partial charge in [0, 0.05) is 0 Å². The van der Waals surface area contributed by atoms with E-state index < -0.39 is 0 Å². The predicted octanol–water partition coefficient (Wildman–Crippen LogP) is 2.67. The third kappa shape index (κ3) is 5.19. The Morgan fingerprint density at radius 3 is 2.22 bits per heavy atom. The van der Waals surface area contributed by atoms with Crippen molar-refractivity contribution < 1.29 is 19.0 Å². The van der Waals surface area contributed by atoms with Crippen molar-refractivity contribution in [3.63, 3.8) is 0 Å². The number of carbonyl (C=O) groups is 1. The van der Waals surface area contributed by atoms with Crippen LogP contribution in [0.1, 0.15) is 31.1 Å². The standard InChI is InChI=1S/C14H20O4/c1-14(2,3)18-10-9-17-12-7-5-11(6-8-12)13(15)16-4/h5-8H,9-10H2,1-4H3. The molecule has 0 saturated heterocycles. The Bertz CT molecular complexity index is 376. The van der Waals surface area contributed by atoms with Gasteiger partial charge < -0.3 is 14.2 Å². The van der Waals surface area contributed by atoms with Crippen LogP contribution in [-0.2, 0) is 9.47 Å². The van der Waals surface area contributed by atoms with Gasteiger partial charge in [0.25, 0.3) is 0 Å². The molecule has 0 atom stereocenters. The molecule has 1 aromatic rings. The fraction of sp³-hybridized carbons (Fsp3) is 0.500. The molecule has 0 fully saturated rings. The van der Waals surface area contributed by atoms with Crippen LogP contribution in [0.5, 0.6) is 5.75 Å². The molecule has 0 heterocycles. The molecule has 0 amide bonds. The number of carbonyl (C=O) groups excluding carboxylic acids is 1. The molecule has 0 N–H and O–H groups in total. The third-order valence-electron chi connectivity index (χ3n) is 2.16. The first-order chi connectivity index (χ1) is 8.42. The monoisotopic (exact) mass is 252 g/mol. The lowest BCUT2D eigenvalue weighted by atomic mass is 10.2. The molecule has 0 radical (unpaired) electrons. The number of hydrogen-bond donors (Lipinski definition) is 0. The second-order valence-corrected chi connectivity index (χ2v) is 4.83. The van der Waals surface area contributed by atoms with Crippen LogP contribution in [0.4, 0.5) is 0 Å². The highest BCUT2D eigenvalue weighted by Gasteiger charge is 2.09. The van der Waals surface area contributed by atoms with E-state index in [1.807, 2.05) is 20.8 Å². The van der Waals surface area contributed by atoms with E-state index in [1.165, 1.54) is 7.11 Å². The van der Waals surface area contributed by atoms with Gasteiger partial charge in [0.1, 0.15) is 12.4 Å². The summed E-state index contributed by atoms with van der Waals surface area (Å²) >= 11 is 0. The zero-order valence-corrected chi connectivity index (χ0v) is 11.4. The molecule has 1 aromatic carbocycles. The summed E-state index contributed by atoms with van der Waals surface area (Å²) < 4.78 is 15.6. The second-order valence-electron chi connectivity index (χ2n) is 4.83. The minimum atomic E-state index is -0.349. The lowest BCUT2D eigenvalue weighted by molar-refractivity contribution is -0.0163. The molecule has 0 aliphatic rings. The van der Waals surface area contributed by atoms with Gasteiger partial charge in [-0.25, -0.2) is 4.79 Å². The van der Waals surface area contributed by atoms with E-state index in [0.29, 0.717) is 24.5 Å². The van der Waals surface area contributed by atoms with E-state index in [-0.39, 0.29) is 11.6 Å². The van der Waals surface area contributed by atoms with E-state index in [1.54, 1.807) is 24.3 Å². The minimum absolute atomic E-state index is 0.155. The molecule has 4 nitrogen and oxygen atoms in total. The van der Waals surface area contributed by atoms with Crippen LogP contribution in [0.2, 0.25) is 0 Å². The van der Waals surface area contributed by atoms with Crippen LogP contribution in [0, 0.1) is 0 Å². The van der Waals surface area contributed by atoms with Gasteiger partial charge in [0.2, 0.25) is 0 Å². The Balaban J connectivity index is 2.38. The molecule has 0 unspecified atom stereocenters. The van der Waals surface area contributed by atoms with Crippen molar-refractivity contribution in [2.45, 2.75) is 26.4 Å². The SMILES string of the molecule is COC(=O)c1ccc(OCCOC(C)(C)C)cc1. The number of esters is 1. The van der Waals surface area contributed by atoms with E-state index in [0.717, 1.165) is 0 Å². The van der Waals surface area contributed by atoms with Gasteiger partial charge in [0.05, 0.1) is 24.9 Å². The normalized spacial score (nSPS) is 11.1. The fourth-order valence-electron chi connectivity index (χ4n) is 1.31. The van der Waals surface area contributed by atoms with Crippen LogP contribution in [-0.4, -0.2) is 31.9 Å². The highest BCUT2D eigenvalue weighted by Crippen LogP contribution is 2.13. The molecule has 0 bridgehead atoms. The number of rotatable bonds is 5. The Morgan fingerprint density at radius 1 is 1.11 bits per heavy atom. The van der Waals surface area contributed by atoms with Crippen molar-refractivity contribution in [1.82, 2.24) is 0 Å². The van der Waals surface area contributed by atoms with Crippen molar-refractivity contribution in [2.75, 3.05) is 20.3 Å². The van der Waals surface area contributed by atoms with Crippen LogP contribution in [0.3, 0.4) is 0 Å². The van der Waals surface area contributed by atoms with Crippen LogP contribution in [0.15, 0.2) is 24.3 Å². The second kappa shape index (κ2) is 6.40. The molecule has 0 aliphatic heterocycles. The topological polar surface area (TPSA) is 44.8 Å². The summed E-state index contributed by atoms with van der Waals surface area (Å²) in [6.07, 6.45) is 0. The van der Waals surface area contributed by atoms with Gasteiger partial charge in [-0.2, -0.15) is 0 Å². The Hall–Kier alpha value is -1.55.